The van der Waals surface area contributed by atoms with Gasteiger partial charge >= 0.3 is 6.18 Å². The first kappa shape index (κ1) is 16.3. The number of alkyl halides is 3. The number of benzene rings is 1. The maximum atomic E-state index is 12.9. The maximum absolute atomic E-state index is 12.9. The number of nitrogens with one attached hydrogen (secondary N) is 2. The van der Waals surface area contributed by atoms with E-state index in [0.29, 0.717) is 24.3 Å². The van der Waals surface area contributed by atoms with Crippen molar-refractivity contribution in [3.63, 3.8) is 0 Å². The number of hydrogen-bond acceptors (Lipinski definition) is 2. The molecule has 126 valence electrons. The number of piperidine rings is 1. The molecule has 2 aliphatic rings. The van der Waals surface area contributed by atoms with E-state index in [-0.39, 0.29) is 11.9 Å². The van der Waals surface area contributed by atoms with Crippen LogP contribution in [-0.4, -0.2) is 25.0 Å². The Kier molecular flexibility index (Phi) is 4.12. The second kappa shape index (κ2) is 5.82. The third-order valence-electron chi connectivity index (χ3n) is 5.03. The summed E-state index contributed by atoms with van der Waals surface area (Å²) in [6.45, 7) is 3.77. The van der Waals surface area contributed by atoms with E-state index >= 15 is 0 Å². The summed E-state index contributed by atoms with van der Waals surface area (Å²) in [7, 11) is 0. The van der Waals surface area contributed by atoms with E-state index in [9.17, 15) is 18.0 Å². The van der Waals surface area contributed by atoms with Crippen LogP contribution in [0.2, 0.25) is 0 Å². The largest absolute Gasteiger partial charge is 0.416 e. The minimum atomic E-state index is -4.38. The Morgan fingerprint density at radius 1 is 1.35 bits per heavy atom. The van der Waals surface area contributed by atoms with Crippen LogP contribution in [0.25, 0.3) is 0 Å². The molecule has 0 radical (unpaired) electrons. The van der Waals surface area contributed by atoms with Gasteiger partial charge in [0.15, 0.2) is 0 Å². The van der Waals surface area contributed by atoms with Gasteiger partial charge in [0.25, 0.3) is 0 Å². The number of amides is 1. The van der Waals surface area contributed by atoms with E-state index in [4.69, 9.17) is 0 Å². The Morgan fingerprint density at radius 3 is 2.70 bits per heavy atom. The zero-order chi connectivity index (χ0) is 16.7. The summed E-state index contributed by atoms with van der Waals surface area (Å²) in [5, 5.41) is 6.34. The Balaban J connectivity index is 1.78. The van der Waals surface area contributed by atoms with Crippen LogP contribution in [0.5, 0.6) is 0 Å². The molecule has 1 amide bonds. The number of hydrogen-bond donors (Lipinski definition) is 2. The van der Waals surface area contributed by atoms with Crippen molar-refractivity contribution in [3.8, 4) is 0 Å². The van der Waals surface area contributed by atoms with Gasteiger partial charge in [-0.1, -0.05) is 25.1 Å². The van der Waals surface area contributed by atoms with Crippen LogP contribution < -0.4 is 10.6 Å². The van der Waals surface area contributed by atoms with Gasteiger partial charge in [-0.15, -0.1) is 0 Å². The first-order valence-corrected chi connectivity index (χ1v) is 8.02. The van der Waals surface area contributed by atoms with Gasteiger partial charge in [-0.2, -0.15) is 13.2 Å². The van der Waals surface area contributed by atoms with Crippen molar-refractivity contribution in [1.82, 2.24) is 10.6 Å². The highest BCUT2D eigenvalue weighted by Gasteiger charge is 2.52. The third-order valence-corrected chi connectivity index (χ3v) is 5.03. The average molecular weight is 326 g/mol. The average Bonchev–Trinajstić information content (AvgIpc) is 3.31. The lowest BCUT2D eigenvalue weighted by Crippen LogP contribution is -2.50. The molecule has 1 saturated carbocycles. The lowest BCUT2D eigenvalue weighted by atomic mass is 9.90. The summed E-state index contributed by atoms with van der Waals surface area (Å²) in [6, 6.07) is 5.28. The Morgan fingerprint density at radius 2 is 2.09 bits per heavy atom. The van der Waals surface area contributed by atoms with Gasteiger partial charge in [0.1, 0.15) is 0 Å². The number of halogens is 3. The summed E-state index contributed by atoms with van der Waals surface area (Å²) in [5.41, 5.74) is -0.984. The van der Waals surface area contributed by atoms with Crippen LogP contribution >= 0.6 is 0 Å². The van der Waals surface area contributed by atoms with Crippen LogP contribution in [-0.2, 0) is 16.4 Å². The predicted octanol–water partition coefficient (Wildman–Crippen LogP) is 2.85. The lowest BCUT2D eigenvalue weighted by molar-refractivity contribution is -0.137. The van der Waals surface area contributed by atoms with Crippen molar-refractivity contribution in [2.45, 2.75) is 43.8 Å². The zero-order valence-electron chi connectivity index (χ0n) is 13.0. The monoisotopic (exact) mass is 326 g/mol. The number of carbonyl (C=O) groups excluding carboxylic acids is 1. The summed E-state index contributed by atoms with van der Waals surface area (Å²) in [5.74, 6) is 0.195. The van der Waals surface area contributed by atoms with Crippen molar-refractivity contribution in [1.29, 1.82) is 0 Å². The normalized spacial score (nSPS) is 26.6. The lowest BCUT2D eigenvalue weighted by Gasteiger charge is -2.31. The summed E-state index contributed by atoms with van der Waals surface area (Å²) >= 11 is 0. The van der Waals surface area contributed by atoms with Crippen molar-refractivity contribution in [2.75, 3.05) is 13.1 Å². The molecule has 1 aromatic carbocycles. The molecule has 0 aromatic heterocycles. The van der Waals surface area contributed by atoms with Crippen molar-refractivity contribution in [3.05, 3.63) is 35.4 Å². The van der Waals surface area contributed by atoms with E-state index < -0.39 is 17.2 Å². The third kappa shape index (κ3) is 3.22. The van der Waals surface area contributed by atoms with E-state index in [1.54, 1.807) is 6.07 Å². The molecule has 2 fully saturated rings. The van der Waals surface area contributed by atoms with Crippen LogP contribution in [0.15, 0.2) is 24.3 Å². The molecule has 0 bridgehead atoms. The number of rotatable bonds is 3. The molecule has 23 heavy (non-hydrogen) atoms. The van der Waals surface area contributed by atoms with E-state index in [0.717, 1.165) is 31.6 Å². The van der Waals surface area contributed by atoms with E-state index in [1.807, 2.05) is 0 Å². The summed E-state index contributed by atoms with van der Waals surface area (Å²) in [6.07, 6.45) is -2.31. The molecule has 6 heteroatoms. The molecule has 2 atom stereocenters. The van der Waals surface area contributed by atoms with Gasteiger partial charge in [0.2, 0.25) is 5.91 Å². The highest BCUT2D eigenvalue weighted by molar-refractivity contribution is 5.91. The minimum absolute atomic E-state index is 0.0898. The predicted molar refractivity (Wildman–Crippen MR) is 80.9 cm³/mol. The molecular weight excluding hydrogens is 305 g/mol. The first-order chi connectivity index (χ1) is 10.8. The van der Waals surface area contributed by atoms with Crippen LogP contribution in [0.1, 0.15) is 37.3 Å². The minimum Gasteiger partial charge on any atom is -0.352 e. The van der Waals surface area contributed by atoms with Gasteiger partial charge in [0, 0.05) is 6.04 Å². The molecule has 2 N–H and O–H groups in total. The fraction of sp³-hybridized carbons (Fsp3) is 0.588. The van der Waals surface area contributed by atoms with Crippen LogP contribution in [0.3, 0.4) is 0 Å². The second-order valence-electron chi connectivity index (χ2n) is 6.71. The second-order valence-corrected chi connectivity index (χ2v) is 6.71. The SMILES string of the molecule is CC1CNCCC1NC(=O)C1(c2cccc(C(F)(F)F)c2)CC1. The van der Waals surface area contributed by atoms with E-state index in [2.05, 4.69) is 17.6 Å². The van der Waals surface area contributed by atoms with Gasteiger partial charge in [-0.05, 0) is 49.9 Å². The topological polar surface area (TPSA) is 41.1 Å². The highest BCUT2D eigenvalue weighted by atomic mass is 19.4. The van der Waals surface area contributed by atoms with Crippen molar-refractivity contribution < 1.29 is 18.0 Å². The van der Waals surface area contributed by atoms with Crippen LogP contribution in [0, 0.1) is 5.92 Å². The quantitative estimate of drug-likeness (QED) is 0.897. The van der Waals surface area contributed by atoms with Crippen molar-refractivity contribution >= 4 is 5.91 Å². The molecule has 0 spiro atoms. The zero-order valence-corrected chi connectivity index (χ0v) is 13.0. The van der Waals surface area contributed by atoms with Gasteiger partial charge in [-0.3, -0.25) is 4.79 Å². The molecule has 2 unspecified atom stereocenters. The standard InChI is InChI=1S/C17H21F3N2O/c1-11-10-21-8-5-14(11)22-15(23)16(6-7-16)12-3-2-4-13(9-12)17(18,19)20/h2-4,9,11,14,21H,5-8,10H2,1H3,(H,22,23). The Labute approximate surface area is 133 Å². The van der Waals surface area contributed by atoms with Gasteiger partial charge in [0.05, 0.1) is 11.0 Å². The highest BCUT2D eigenvalue weighted by Crippen LogP contribution is 2.49. The van der Waals surface area contributed by atoms with Gasteiger partial charge in [-0.25, -0.2) is 0 Å². The molecule has 3 rings (SSSR count). The summed E-state index contributed by atoms with van der Waals surface area (Å²) in [4.78, 5) is 12.7. The molecule has 1 heterocycles. The Hall–Kier alpha value is -1.56. The molecule has 1 aromatic rings. The molecule has 1 aliphatic carbocycles. The first-order valence-electron chi connectivity index (χ1n) is 8.02. The molecule has 1 saturated heterocycles. The Bertz CT molecular complexity index is 596. The molecule has 3 nitrogen and oxygen atoms in total. The fourth-order valence-electron chi connectivity index (χ4n) is 3.30. The van der Waals surface area contributed by atoms with Crippen molar-refractivity contribution in [2.24, 2.45) is 5.92 Å². The molecular formula is C17H21F3N2O. The van der Waals surface area contributed by atoms with E-state index in [1.165, 1.54) is 6.07 Å². The molecule has 1 aliphatic heterocycles. The number of carbonyl (C=O) groups is 1. The smallest absolute Gasteiger partial charge is 0.352 e. The summed E-state index contributed by atoms with van der Waals surface area (Å²) < 4.78 is 38.7. The van der Waals surface area contributed by atoms with Gasteiger partial charge < -0.3 is 10.6 Å². The fourth-order valence-corrected chi connectivity index (χ4v) is 3.30. The maximum Gasteiger partial charge on any atom is 0.416 e. The van der Waals surface area contributed by atoms with Crippen LogP contribution in [0.4, 0.5) is 13.2 Å².